The largest absolute Gasteiger partial charge is 0.387 e. The fraction of sp³-hybridized carbons (Fsp3) is 0.529. The minimum absolute atomic E-state index is 0.0543. The van der Waals surface area contributed by atoms with Gasteiger partial charge in [0.25, 0.3) is 0 Å². The molecule has 4 nitrogen and oxygen atoms in total. The standard InChI is InChI=1S/C34H43ClN2O2/c1-23(29-14-17-34(31(35)20-29)39-30-15-16-30)32(22-37-18-2-3-19-37)36-21-33(38)28-12-10-27(11-13-28)26-8-6-25(7-9-26)24-4-5-24/h6-10,12,14,17,20,24,30-34,36,38H,1-5,11,13,15-16,18-19,21-22H2/t31?,32-,33?,34?/m1/s1. The normalized spacial score (nSPS) is 27.1. The molecule has 4 aliphatic carbocycles. The summed E-state index contributed by atoms with van der Waals surface area (Å²) in [5.41, 5.74) is 7.36. The van der Waals surface area contributed by atoms with E-state index in [1.165, 1.54) is 42.4 Å². The molecule has 39 heavy (non-hydrogen) atoms. The van der Waals surface area contributed by atoms with Crippen molar-refractivity contribution in [2.75, 3.05) is 26.2 Å². The Morgan fingerprint density at radius 2 is 1.85 bits per heavy atom. The Labute approximate surface area is 239 Å². The molecule has 3 fully saturated rings. The minimum atomic E-state index is -0.512. The highest BCUT2D eigenvalue weighted by atomic mass is 35.5. The van der Waals surface area contributed by atoms with Crippen LogP contribution in [0.1, 0.15) is 68.4 Å². The van der Waals surface area contributed by atoms with Gasteiger partial charge in [-0.25, -0.2) is 0 Å². The first kappa shape index (κ1) is 27.2. The van der Waals surface area contributed by atoms with Gasteiger partial charge >= 0.3 is 0 Å². The third kappa shape index (κ3) is 7.04. The highest BCUT2D eigenvalue weighted by molar-refractivity contribution is 6.22. The lowest BCUT2D eigenvalue weighted by Crippen LogP contribution is -2.45. The van der Waals surface area contributed by atoms with Gasteiger partial charge in [-0.1, -0.05) is 61.2 Å². The fourth-order valence-corrected chi connectivity index (χ4v) is 6.33. The lowest BCUT2D eigenvalue weighted by molar-refractivity contribution is 0.0743. The van der Waals surface area contributed by atoms with Gasteiger partial charge in [0, 0.05) is 19.1 Å². The third-order valence-corrected chi connectivity index (χ3v) is 9.29. The minimum Gasteiger partial charge on any atom is -0.387 e. The molecule has 208 valence electrons. The number of aliphatic hydroxyl groups is 1. The van der Waals surface area contributed by atoms with Crippen LogP contribution in [0.4, 0.5) is 0 Å². The van der Waals surface area contributed by atoms with Crippen molar-refractivity contribution in [3.8, 4) is 0 Å². The lowest BCUT2D eigenvalue weighted by atomic mass is 9.90. The Balaban J connectivity index is 1.07. The zero-order chi connectivity index (χ0) is 26.8. The number of rotatable bonds is 12. The molecular formula is C34H43ClN2O2. The number of benzene rings is 1. The predicted molar refractivity (Wildman–Crippen MR) is 161 cm³/mol. The Morgan fingerprint density at radius 1 is 1.08 bits per heavy atom. The number of allylic oxidation sites excluding steroid dienone is 4. The molecule has 1 aromatic carbocycles. The zero-order valence-electron chi connectivity index (χ0n) is 23.0. The van der Waals surface area contributed by atoms with E-state index in [9.17, 15) is 5.11 Å². The molecule has 2 N–H and O–H groups in total. The van der Waals surface area contributed by atoms with Crippen LogP contribution in [0.5, 0.6) is 0 Å². The quantitative estimate of drug-likeness (QED) is 0.302. The van der Waals surface area contributed by atoms with Crippen molar-refractivity contribution in [2.45, 2.75) is 87.0 Å². The van der Waals surface area contributed by atoms with Crippen molar-refractivity contribution in [1.82, 2.24) is 10.2 Å². The number of nitrogens with zero attached hydrogens (tertiary/aromatic N) is 1. The number of aliphatic hydroxyl groups excluding tert-OH is 1. The van der Waals surface area contributed by atoms with Gasteiger partial charge in [0.15, 0.2) is 0 Å². The van der Waals surface area contributed by atoms with E-state index in [1.807, 2.05) is 0 Å². The second-order valence-electron chi connectivity index (χ2n) is 12.1. The molecule has 1 aromatic rings. The highest BCUT2D eigenvalue weighted by Gasteiger charge is 2.31. The van der Waals surface area contributed by atoms with Crippen LogP contribution in [0, 0.1) is 0 Å². The molecule has 0 bridgehead atoms. The van der Waals surface area contributed by atoms with Crippen LogP contribution in [0.15, 0.2) is 77.9 Å². The van der Waals surface area contributed by atoms with Crippen molar-refractivity contribution >= 4 is 17.2 Å². The number of nitrogens with one attached hydrogen (secondary N) is 1. The molecule has 4 atom stereocenters. The Hall–Kier alpha value is -1.95. The maximum atomic E-state index is 11.1. The zero-order valence-corrected chi connectivity index (χ0v) is 23.8. The highest BCUT2D eigenvalue weighted by Crippen LogP contribution is 2.40. The molecule has 3 unspecified atom stereocenters. The van der Waals surface area contributed by atoms with Gasteiger partial charge in [0.05, 0.1) is 23.7 Å². The Morgan fingerprint density at radius 3 is 2.49 bits per heavy atom. The average Bonchev–Trinajstić information content (AvgIpc) is 3.91. The van der Waals surface area contributed by atoms with E-state index in [-0.39, 0.29) is 17.5 Å². The summed E-state index contributed by atoms with van der Waals surface area (Å²) in [6, 6.07) is 9.18. The summed E-state index contributed by atoms with van der Waals surface area (Å²) in [6.07, 6.45) is 19.8. The van der Waals surface area contributed by atoms with E-state index >= 15 is 0 Å². The first-order valence-electron chi connectivity index (χ1n) is 15.1. The number of halogens is 1. The first-order valence-corrected chi connectivity index (χ1v) is 15.5. The number of likely N-dealkylation sites (tertiary alicyclic amines) is 1. The number of ether oxygens (including phenoxy) is 1. The van der Waals surface area contributed by atoms with Crippen molar-refractivity contribution in [3.05, 3.63) is 89.1 Å². The Kier molecular flexibility index (Phi) is 8.58. The summed E-state index contributed by atoms with van der Waals surface area (Å²) in [4.78, 5) is 2.50. The molecule has 6 rings (SSSR count). The third-order valence-electron chi connectivity index (χ3n) is 8.92. The van der Waals surface area contributed by atoms with Gasteiger partial charge < -0.3 is 20.1 Å². The van der Waals surface area contributed by atoms with Crippen LogP contribution < -0.4 is 5.32 Å². The monoisotopic (exact) mass is 546 g/mol. The molecule has 0 amide bonds. The summed E-state index contributed by atoms with van der Waals surface area (Å²) in [6.45, 7) is 8.15. The van der Waals surface area contributed by atoms with E-state index in [2.05, 4.69) is 71.4 Å². The van der Waals surface area contributed by atoms with Crippen LogP contribution in [-0.4, -0.2) is 65.9 Å². The summed E-state index contributed by atoms with van der Waals surface area (Å²) in [7, 11) is 0. The summed E-state index contributed by atoms with van der Waals surface area (Å²) in [5.74, 6) is 0.791. The van der Waals surface area contributed by atoms with E-state index in [0.29, 0.717) is 12.6 Å². The van der Waals surface area contributed by atoms with Crippen LogP contribution in [0.25, 0.3) is 5.57 Å². The summed E-state index contributed by atoms with van der Waals surface area (Å²) in [5, 5.41) is 14.6. The Bertz CT molecular complexity index is 1150. The second-order valence-corrected chi connectivity index (χ2v) is 12.6. The predicted octanol–water partition coefficient (Wildman–Crippen LogP) is 6.29. The molecule has 0 spiro atoms. The number of hydrogen-bond acceptors (Lipinski definition) is 4. The number of alkyl halides is 1. The van der Waals surface area contributed by atoms with E-state index in [0.717, 1.165) is 68.0 Å². The smallest absolute Gasteiger partial charge is 0.0961 e. The first-order chi connectivity index (χ1) is 19.0. The topological polar surface area (TPSA) is 44.7 Å². The average molecular weight is 547 g/mol. The summed E-state index contributed by atoms with van der Waals surface area (Å²) >= 11 is 6.70. The van der Waals surface area contributed by atoms with Crippen LogP contribution in [0.3, 0.4) is 0 Å². The van der Waals surface area contributed by atoms with Gasteiger partial charge in [-0.05, 0) is 104 Å². The molecule has 1 saturated heterocycles. The van der Waals surface area contributed by atoms with Crippen molar-refractivity contribution in [1.29, 1.82) is 0 Å². The molecule has 0 radical (unpaired) electrons. The van der Waals surface area contributed by atoms with Crippen molar-refractivity contribution in [2.24, 2.45) is 0 Å². The van der Waals surface area contributed by atoms with Gasteiger partial charge in [0.2, 0.25) is 0 Å². The van der Waals surface area contributed by atoms with E-state index in [1.54, 1.807) is 0 Å². The van der Waals surface area contributed by atoms with Gasteiger partial charge in [-0.3, -0.25) is 0 Å². The molecule has 2 saturated carbocycles. The maximum Gasteiger partial charge on any atom is 0.0961 e. The van der Waals surface area contributed by atoms with E-state index < -0.39 is 6.10 Å². The van der Waals surface area contributed by atoms with Gasteiger partial charge in [0.1, 0.15) is 0 Å². The molecule has 5 aliphatic rings. The molecule has 5 heteroatoms. The molecule has 0 aromatic heterocycles. The van der Waals surface area contributed by atoms with Crippen LogP contribution in [0.2, 0.25) is 0 Å². The SMILES string of the molecule is C=C(C1=CC(Cl)C(OC2CC2)C=C1)[C@@H](CN1CCCC1)NCC(O)C1=CC=C(c2ccc(C3CC3)cc2)CC1. The van der Waals surface area contributed by atoms with Crippen molar-refractivity contribution in [3.63, 3.8) is 0 Å². The van der Waals surface area contributed by atoms with Gasteiger partial charge in [-0.15, -0.1) is 11.6 Å². The second kappa shape index (κ2) is 12.3. The van der Waals surface area contributed by atoms with Crippen LogP contribution >= 0.6 is 11.6 Å². The number of hydrogen-bond donors (Lipinski definition) is 2. The maximum absolute atomic E-state index is 11.1. The van der Waals surface area contributed by atoms with Crippen molar-refractivity contribution < 1.29 is 9.84 Å². The van der Waals surface area contributed by atoms with Crippen LogP contribution in [-0.2, 0) is 4.74 Å². The molecule has 1 heterocycles. The summed E-state index contributed by atoms with van der Waals surface area (Å²) < 4.78 is 6.05. The lowest BCUT2D eigenvalue weighted by Gasteiger charge is -2.30. The van der Waals surface area contributed by atoms with Gasteiger partial charge in [-0.2, -0.15) is 0 Å². The fourth-order valence-electron chi connectivity index (χ4n) is 6.05. The molecule has 1 aliphatic heterocycles. The molecular weight excluding hydrogens is 504 g/mol. The van der Waals surface area contributed by atoms with E-state index in [4.69, 9.17) is 16.3 Å².